The van der Waals surface area contributed by atoms with Crippen LogP contribution in [0.2, 0.25) is 0 Å². The van der Waals surface area contributed by atoms with E-state index in [1.807, 2.05) is 0 Å². The highest BCUT2D eigenvalue weighted by Crippen LogP contribution is 2.31. The van der Waals surface area contributed by atoms with Gasteiger partial charge in [-0.3, -0.25) is 0 Å². The lowest BCUT2D eigenvalue weighted by molar-refractivity contribution is 0.165. The fourth-order valence-electron chi connectivity index (χ4n) is 5.07. The molecular formula is C27H38N2O2. The van der Waals surface area contributed by atoms with Gasteiger partial charge in [0.1, 0.15) is 23.7 Å². The molecule has 0 bridgehead atoms. The van der Waals surface area contributed by atoms with E-state index in [0.717, 1.165) is 56.9 Å². The molecule has 0 saturated carbocycles. The number of aryl methyl sites for hydroxylation is 4. The van der Waals surface area contributed by atoms with E-state index < -0.39 is 0 Å². The molecule has 2 fully saturated rings. The Morgan fingerprint density at radius 2 is 1.06 bits per heavy atom. The van der Waals surface area contributed by atoms with Crippen LogP contribution in [0.15, 0.2) is 24.3 Å². The van der Waals surface area contributed by atoms with Gasteiger partial charge >= 0.3 is 0 Å². The molecule has 2 unspecified atom stereocenters. The molecule has 2 heterocycles. The van der Waals surface area contributed by atoms with Crippen molar-refractivity contribution in [3.63, 3.8) is 0 Å². The van der Waals surface area contributed by atoms with Crippen molar-refractivity contribution in [2.24, 2.45) is 0 Å². The topological polar surface area (TPSA) is 42.5 Å². The van der Waals surface area contributed by atoms with Crippen LogP contribution in [-0.4, -0.2) is 38.4 Å². The summed E-state index contributed by atoms with van der Waals surface area (Å²) in [4.78, 5) is 0. The van der Waals surface area contributed by atoms with Crippen molar-refractivity contribution in [3.05, 3.63) is 57.6 Å². The molecule has 4 rings (SSSR count). The maximum Gasteiger partial charge on any atom is 0.125 e. The Hall–Kier alpha value is -2.04. The number of piperidine rings is 2. The second kappa shape index (κ2) is 10.1. The lowest BCUT2D eigenvalue weighted by Crippen LogP contribution is -2.37. The van der Waals surface area contributed by atoms with E-state index in [-0.39, 0.29) is 12.2 Å². The molecule has 2 atom stereocenters. The van der Waals surface area contributed by atoms with Gasteiger partial charge in [0, 0.05) is 13.1 Å². The van der Waals surface area contributed by atoms with Gasteiger partial charge in [-0.15, -0.1) is 0 Å². The van der Waals surface area contributed by atoms with E-state index in [9.17, 15) is 0 Å². The number of benzene rings is 2. The number of ether oxygens (including phenoxy) is 2. The summed E-state index contributed by atoms with van der Waals surface area (Å²) in [5.41, 5.74) is 7.62. The van der Waals surface area contributed by atoms with Crippen LogP contribution in [0, 0.1) is 27.7 Å². The average molecular weight is 423 g/mol. The molecule has 0 aromatic heterocycles. The molecule has 4 heteroatoms. The van der Waals surface area contributed by atoms with Gasteiger partial charge in [0.15, 0.2) is 0 Å². The monoisotopic (exact) mass is 422 g/mol. The molecule has 0 spiro atoms. The third-order valence-electron chi connectivity index (χ3n) is 6.52. The largest absolute Gasteiger partial charge is 0.489 e. The molecule has 2 aromatic carbocycles. The minimum atomic E-state index is 0.286. The van der Waals surface area contributed by atoms with Gasteiger partial charge in [0.25, 0.3) is 0 Å². The van der Waals surface area contributed by atoms with E-state index in [0.29, 0.717) is 0 Å². The van der Waals surface area contributed by atoms with Crippen LogP contribution in [0.1, 0.15) is 59.1 Å². The van der Waals surface area contributed by atoms with Crippen LogP contribution in [0.25, 0.3) is 0 Å². The van der Waals surface area contributed by atoms with Crippen molar-refractivity contribution in [1.82, 2.24) is 10.6 Å². The number of rotatable bonds is 6. The summed E-state index contributed by atoms with van der Waals surface area (Å²) in [6.45, 7) is 12.8. The molecule has 168 valence electrons. The van der Waals surface area contributed by atoms with E-state index in [1.54, 1.807) is 0 Å². The Kier molecular flexibility index (Phi) is 7.19. The summed E-state index contributed by atoms with van der Waals surface area (Å²) in [6, 6.07) is 9.17. The molecule has 0 amide bonds. The second-order valence-electron chi connectivity index (χ2n) is 9.47. The lowest BCUT2D eigenvalue weighted by Gasteiger charge is -2.26. The molecule has 0 radical (unpaired) electrons. The second-order valence-corrected chi connectivity index (χ2v) is 9.47. The number of hydrogen-bond donors (Lipinski definition) is 2. The van der Waals surface area contributed by atoms with Gasteiger partial charge in [-0.1, -0.05) is 24.3 Å². The highest BCUT2D eigenvalue weighted by Gasteiger charge is 2.19. The first-order valence-electron chi connectivity index (χ1n) is 11.9. The van der Waals surface area contributed by atoms with Crippen LogP contribution in [0.4, 0.5) is 0 Å². The molecule has 0 aliphatic carbocycles. The van der Waals surface area contributed by atoms with Crippen molar-refractivity contribution in [1.29, 1.82) is 0 Å². The van der Waals surface area contributed by atoms with Crippen molar-refractivity contribution >= 4 is 0 Å². The van der Waals surface area contributed by atoms with Crippen LogP contribution >= 0.6 is 0 Å². The van der Waals surface area contributed by atoms with Gasteiger partial charge in [0.2, 0.25) is 0 Å². The Labute approximate surface area is 187 Å². The summed E-state index contributed by atoms with van der Waals surface area (Å²) >= 11 is 0. The summed E-state index contributed by atoms with van der Waals surface area (Å²) in [7, 11) is 0. The zero-order valence-corrected chi connectivity index (χ0v) is 19.6. The van der Waals surface area contributed by atoms with E-state index in [2.05, 4.69) is 62.6 Å². The molecule has 2 N–H and O–H groups in total. The van der Waals surface area contributed by atoms with Crippen LogP contribution < -0.4 is 20.1 Å². The third-order valence-corrected chi connectivity index (χ3v) is 6.52. The highest BCUT2D eigenvalue weighted by atomic mass is 16.5. The first kappa shape index (κ1) is 22.2. The van der Waals surface area contributed by atoms with Gasteiger partial charge in [-0.25, -0.2) is 0 Å². The molecule has 2 saturated heterocycles. The fraction of sp³-hybridized carbons (Fsp3) is 0.556. The van der Waals surface area contributed by atoms with E-state index >= 15 is 0 Å². The number of nitrogens with one attached hydrogen (secondary N) is 2. The maximum absolute atomic E-state index is 6.36. The maximum atomic E-state index is 6.36. The molecule has 31 heavy (non-hydrogen) atoms. The molecule has 2 aliphatic rings. The third kappa shape index (κ3) is 5.61. The smallest absolute Gasteiger partial charge is 0.125 e. The predicted molar refractivity (Wildman–Crippen MR) is 128 cm³/mol. The van der Waals surface area contributed by atoms with Crippen LogP contribution in [-0.2, 0) is 6.42 Å². The van der Waals surface area contributed by atoms with E-state index in [4.69, 9.17) is 9.47 Å². The lowest BCUT2D eigenvalue weighted by atomic mass is 9.96. The SMILES string of the molecule is Cc1cc(Cc2cc(C)c(OC3CCCNC3)c(C)c2)cc(C)c1OC1CCCNC1. The highest BCUT2D eigenvalue weighted by molar-refractivity contribution is 5.48. The molecule has 2 aliphatic heterocycles. The average Bonchev–Trinajstić information content (AvgIpc) is 2.75. The predicted octanol–water partition coefficient (Wildman–Crippen LogP) is 4.77. The van der Waals surface area contributed by atoms with Crippen LogP contribution in [0.3, 0.4) is 0 Å². The first-order valence-corrected chi connectivity index (χ1v) is 11.9. The standard InChI is InChI=1S/C27H38N2O2/c1-18-11-22(12-19(2)26(18)30-24-7-5-9-28-16-24)15-23-13-20(3)27(21(4)14-23)31-25-8-6-10-29-17-25/h11-14,24-25,28-29H,5-10,15-17H2,1-4H3. The van der Waals surface area contributed by atoms with Crippen LogP contribution in [0.5, 0.6) is 11.5 Å². The minimum Gasteiger partial charge on any atom is -0.489 e. The van der Waals surface area contributed by atoms with Gasteiger partial charge in [-0.2, -0.15) is 0 Å². The number of hydrogen-bond acceptors (Lipinski definition) is 4. The Morgan fingerprint density at radius 3 is 1.39 bits per heavy atom. The zero-order valence-electron chi connectivity index (χ0n) is 19.6. The summed E-state index contributed by atoms with van der Waals surface area (Å²) in [6.07, 6.45) is 6.16. The Morgan fingerprint density at radius 1 is 0.677 bits per heavy atom. The molecular weight excluding hydrogens is 384 g/mol. The molecule has 4 nitrogen and oxygen atoms in total. The molecule has 2 aromatic rings. The van der Waals surface area contributed by atoms with Gasteiger partial charge < -0.3 is 20.1 Å². The minimum absolute atomic E-state index is 0.286. The fourth-order valence-corrected chi connectivity index (χ4v) is 5.07. The van der Waals surface area contributed by atoms with Crippen molar-refractivity contribution in [3.8, 4) is 11.5 Å². The summed E-state index contributed by atoms with van der Waals surface area (Å²) in [5.74, 6) is 2.13. The van der Waals surface area contributed by atoms with Gasteiger partial charge in [-0.05, 0) is 106 Å². The van der Waals surface area contributed by atoms with Crippen molar-refractivity contribution < 1.29 is 9.47 Å². The quantitative estimate of drug-likeness (QED) is 0.704. The Bertz CT molecular complexity index is 777. The zero-order chi connectivity index (χ0) is 21.8. The van der Waals surface area contributed by atoms with Crippen molar-refractivity contribution in [2.75, 3.05) is 26.2 Å². The summed E-state index contributed by atoms with van der Waals surface area (Å²) in [5, 5.41) is 6.88. The van der Waals surface area contributed by atoms with Crippen molar-refractivity contribution in [2.45, 2.75) is 72.0 Å². The normalized spacial score (nSPS) is 21.7. The van der Waals surface area contributed by atoms with E-state index in [1.165, 1.54) is 46.2 Å². The first-order chi connectivity index (χ1) is 15.0. The van der Waals surface area contributed by atoms with Gasteiger partial charge in [0.05, 0.1) is 0 Å². The summed E-state index contributed by atoms with van der Waals surface area (Å²) < 4.78 is 12.7. The Balaban J connectivity index is 1.47.